The molecule has 13 nitrogen and oxygen atoms in total. The van der Waals surface area contributed by atoms with Gasteiger partial charge in [-0.1, -0.05) is 6.07 Å². The van der Waals surface area contributed by atoms with Crippen LogP contribution < -0.4 is 10.1 Å². The topological polar surface area (TPSA) is 164 Å². The van der Waals surface area contributed by atoms with Crippen molar-refractivity contribution in [3.63, 3.8) is 0 Å². The normalized spacial score (nSPS) is 16.5. The van der Waals surface area contributed by atoms with E-state index in [0.29, 0.717) is 58.9 Å². The summed E-state index contributed by atoms with van der Waals surface area (Å²) in [6.45, 7) is 8.49. The lowest BCUT2D eigenvalue weighted by atomic mass is 10.0. The fourth-order valence-corrected chi connectivity index (χ4v) is 4.80. The fourth-order valence-electron chi connectivity index (χ4n) is 4.80. The highest BCUT2D eigenvalue weighted by Crippen LogP contribution is 2.33. The number of imide groups is 2. The molecular formula is C33H46N2O11. The van der Waals surface area contributed by atoms with Crippen molar-refractivity contribution < 1.29 is 52.5 Å². The maximum atomic E-state index is 13.1. The smallest absolute Gasteiger partial charge is 0.266 e. The first-order valence-electron chi connectivity index (χ1n) is 15.9. The third-order valence-electron chi connectivity index (χ3n) is 7.22. The molecule has 0 radical (unpaired) electrons. The number of unbranched alkanes of at least 4 members (excludes halogenated alkanes) is 2. The highest BCUT2D eigenvalue weighted by molar-refractivity contribution is 6.24. The molecule has 254 valence electrons. The fraction of sp³-hybridized carbons (Fsp3) is 0.636. The number of ketones is 2. The predicted molar refractivity (Wildman–Crippen MR) is 164 cm³/mol. The second kappa shape index (κ2) is 18.6. The van der Waals surface area contributed by atoms with Crippen molar-refractivity contribution in [2.24, 2.45) is 0 Å². The zero-order chi connectivity index (χ0) is 33.5. The Morgan fingerprint density at radius 3 is 1.98 bits per heavy atom. The average molecular weight is 647 g/mol. The van der Waals surface area contributed by atoms with Crippen molar-refractivity contribution in [3.8, 4) is 5.75 Å². The Labute approximate surface area is 269 Å². The first-order chi connectivity index (χ1) is 22.0. The maximum absolute atomic E-state index is 13.1. The van der Waals surface area contributed by atoms with Crippen LogP contribution in [0.3, 0.4) is 0 Å². The van der Waals surface area contributed by atoms with Gasteiger partial charge in [-0.05, 0) is 65.0 Å². The lowest BCUT2D eigenvalue weighted by Crippen LogP contribution is -2.54. The van der Waals surface area contributed by atoms with Crippen LogP contribution in [0.5, 0.6) is 5.75 Å². The van der Waals surface area contributed by atoms with Crippen LogP contribution in [-0.4, -0.2) is 105 Å². The zero-order valence-corrected chi connectivity index (χ0v) is 27.1. The maximum Gasteiger partial charge on any atom is 0.266 e. The van der Waals surface area contributed by atoms with Crippen molar-refractivity contribution in [1.29, 1.82) is 0 Å². The lowest BCUT2D eigenvalue weighted by Gasteiger charge is -2.27. The van der Waals surface area contributed by atoms with Gasteiger partial charge in [0, 0.05) is 32.5 Å². The Hall–Kier alpha value is -3.52. The molecular weight excluding hydrogens is 600 g/mol. The summed E-state index contributed by atoms with van der Waals surface area (Å²) in [6.07, 6.45) is 3.68. The lowest BCUT2D eigenvalue weighted by molar-refractivity contribution is -0.136. The molecule has 4 amide bonds. The van der Waals surface area contributed by atoms with E-state index in [9.17, 15) is 28.8 Å². The summed E-state index contributed by atoms with van der Waals surface area (Å²) in [4.78, 5) is 74.8. The minimum absolute atomic E-state index is 0.0123. The Balaban J connectivity index is 1.19. The standard InChI is InChI=1S/C33H46N2O11/c1-33(2,3)46-22-24(37)10-5-7-16-43-18-20-44-19-17-42-15-6-4-9-23(36)21-45-27-12-8-11-25-29(27)32(41)35(31(25)40)26-13-14-28(38)34-30(26)39/h8,11-12,26H,4-7,9-10,13-22H2,1-3H3,(H,34,38,39). The number of nitrogens with zero attached hydrogens (tertiary/aromatic N) is 1. The van der Waals surface area contributed by atoms with E-state index in [2.05, 4.69) is 5.32 Å². The summed E-state index contributed by atoms with van der Waals surface area (Å²) in [6, 6.07) is 3.44. The molecule has 1 aromatic carbocycles. The highest BCUT2D eigenvalue weighted by Gasteiger charge is 2.46. The monoisotopic (exact) mass is 646 g/mol. The number of carbonyl (C=O) groups excluding carboxylic acids is 6. The molecule has 1 saturated heterocycles. The van der Waals surface area contributed by atoms with E-state index in [1.54, 1.807) is 6.07 Å². The minimum Gasteiger partial charge on any atom is -0.485 e. The summed E-state index contributed by atoms with van der Waals surface area (Å²) in [7, 11) is 0. The second-order valence-corrected chi connectivity index (χ2v) is 12.1. The number of rotatable bonds is 22. The van der Waals surface area contributed by atoms with Gasteiger partial charge in [-0.3, -0.25) is 39.0 Å². The molecule has 1 fully saturated rings. The van der Waals surface area contributed by atoms with Crippen LogP contribution in [0, 0.1) is 0 Å². The summed E-state index contributed by atoms with van der Waals surface area (Å²) in [5.41, 5.74) is -0.203. The van der Waals surface area contributed by atoms with Crippen molar-refractivity contribution >= 4 is 35.2 Å². The summed E-state index contributed by atoms with van der Waals surface area (Å²) < 4.78 is 27.6. The van der Waals surface area contributed by atoms with E-state index in [4.69, 9.17) is 23.7 Å². The molecule has 2 heterocycles. The number of Topliss-reactive ketones (excluding diaryl/α,β-unsaturated/α-hetero) is 2. The molecule has 1 unspecified atom stereocenters. The molecule has 0 bridgehead atoms. The molecule has 2 aliphatic rings. The van der Waals surface area contributed by atoms with Gasteiger partial charge in [0.15, 0.2) is 11.6 Å². The van der Waals surface area contributed by atoms with Crippen LogP contribution in [0.15, 0.2) is 18.2 Å². The van der Waals surface area contributed by atoms with Gasteiger partial charge in [-0.15, -0.1) is 0 Å². The zero-order valence-electron chi connectivity index (χ0n) is 27.1. The van der Waals surface area contributed by atoms with E-state index in [0.717, 1.165) is 17.7 Å². The Kier molecular flexibility index (Phi) is 14.9. The van der Waals surface area contributed by atoms with Crippen molar-refractivity contribution in [1.82, 2.24) is 10.2 Å². The number of hydrogen-bond acceptors (Lipinski definition) is 11. The van der Waals surface area contributed by atoms with E-state index in [-0.39, 0.29) is 66.5 Å². The Bertz CT molecular complexity index is 1240. The molecule has 1 aromatic rings. The molecule has 0 aromatic heterocycles. The van der Waals surface area contributed by atoms with Gasteiger partial charge in [-0.2, -0.15) is 0 Å². The van der Waals surface area contributed by atoms with Crippen LogP contribution >= 0.6 is 0 Å². The van der Waals surface area contributed by atoms with Crippen LogP contribution in [0.1, 0.15) is 92.9 Å². The van der Waals surface area contributed by atoms with Gasteiger partial charge in [-0.25, -0.2) is 0 Å². The molecule has 0 saturated carbocycles. The molecule has 0 spiro atoms. The minimum atomic E-state index is -1.08. The molecule has 3 rings (SSSR count). The van der Waals surface area contributed by atoms with Crippen molar-refractivity contribution in [2.45, 2.75) is 83.8 Å². The molecule has 2 aliphatic heterocycles. The quantitative estimate of drug-likeness (QED) is 0.146. The van der Waals surface area contributed by atoms with Gasteiger partial charge >= 0.3 is 0 Å². The third-order valence-corrected chi connectivity index (χ3v) is 7.22. The number of fused-ring (bicyclic) bond motifs is 1. The first-order valence-corrected chi connectivity index (χ1v) is 15.9. The van der Waals surface area contributed by atoms with E-state index >= 15 is 0 Å². The number of amides is 4. The van der Waals surface area contributed by atoms with Gasteiger partial charge in [0.1, 0.15) is 25.0 Å². The van der Waals surface area contributed by atoms with Crippen LogP contribution in [0.4, 0.5) is 0 Å². The van der Waals surface area contributed by atoms with Crippen LogP contribution in [-0.2, 0) is 38.1 Å². The molecule has 1 N–H and O–H groups in total. The van der Waals surface area contributed by atoms with Crippen molar-refractivity contribution in [2.75, 3.05) is 52.9 Å². The number of hydrogen-bond donors (Lipinski definition) is 1. The number of nitrogens with one attached hydrogen (secondary N) is 1. The predicted octanol–water partition coefficient (Wildman–Crippen LogP) is 2.81. The highest BCUT2D eigenvalue weighted by atomic mass is 16.5. The number of carbonyl (C=O) groups is 6. The van der Waals surface area contributed by atoms with E-state index in [1.165, 1.54) is 12.1 Å². The van der Waals surface area contributed by atoms with Crippen LogP contribution in [0.2, 0.25) is 0 Å². The largest absolute Gasteiger partial charge is 0.485 e. The molecule has 0 aliphatic carbocycles. The van der Waals surface area contributed by atoms with Gasteiger partial charge in [0.2, 0.25) is 11.8 Å². The molecule has 46 heavy (non-hydrogen) atoms. The number of benzene rings is 1. The Morgan fingerprint density at radius 2 is 1.39 bits per heavy atom. The first kappa shape index (κ1) is 36.9. The number of piperidine rings is 1. The van der Waals surface area contributed by atoms with Crippen LogP contribution in [0.25, 0.3) is 0 Å². The van der Waals surface area contributed by atoms with Gasteiger partial charge in [0.05, 0.1) is 43.2 Å². The van der Waals surface area contributed by atoms with Gasteiger partial charge in [0.25, 0.3) is 11.8 Å². The summed E-state index contributed by atoms with van der Waals surface area (Å²) >= 11 is 0. The van der Waals surface area contributed by atoms with Crippen molar-refractivity contribution in [3.05, 3.63) is 29.3 Å². The summed E-state index contributed by atoms with van der Waals surface area (Å²) in [5, 5.41) is 2.16. The van der Waals surface area contributed by atoms with E-state index in [1.807, 2.05) is 20.8 Å². The average Bonchev–Trinajstić information content (AvgIpc) is 3.26. The van der Waals surface area contributed by atoms with Gasteiger partial charge < -0.3 is 23.7 Å². The SMILES string of the molecule is CC(C)(C)OCC(=O)CCCCOCCOCCOCCCCC(=O)COc1cccc2c1C(=O)N(C1CCC(=O)NC1=O)C2=O. The molecule has 1 atom stereocenters. The summed E-state index contributed by atoms with van der Waals surface area (Å²) in [5.74, 6) is -2.43. The third kappa shape index (κ3) is 12.0. The molecule has 13 heteroatoms. The number of ether oxygens (including phenoxy) is 5. The van der Waals surface area contributed by atoms with E-state index < -0.39 is 29.7 Å². The second-order valence-electron chi connectivity index (χ2n) is 12.1. The Morgan fingerprint density at radius 1 is 0.804 bits per heavy atom.